The van der Waals surface area contributed by atoms with Gasteiger partial charge < -0.3 is 16.0 Å². The molecule has 0 atom stereocenters. The quantitative estimate of drug-likeness (QED) is 0.197. The Morgan fingerprint density at radius 1 is 0.972 bits per heavy atom. The summed E-state index contributed by atoms with van der Waals surface area (Å²) in [4.78, 5) is 18.1. The number of nitrogens with zero attached hydrogens (tertiary/aromatic N) is 2. The Labute approximate surface area is 206 Å². The van der Waals surface area contributed by atoms with Crippen LogP contribution >= 0.6 is 0 Å². The van der Waals surface area contributed by atoms with Gasteiger partial charge in [-0.25, -0.2) is 14.2 Å². The number of pyridine rings is 1. The first kappa shape index (κ1) is 22.7. The van der Waals surface area contributed by atoms with Crippen LogP contribution in [0.5, 0.6) is 0 Å². The molecule has 0 aliphatic carbocycles. The molecule has 0 bridgehead atoms. The van der Waals surface area contributed by atoms with Crippen molar-refractivity contribution in [3.05, 3.63) is 114 Å². The van der Waals surface area contributed by atoms with Gasteiger partial charge in [-0.05, 0) is 42.0 Å². The number of hydrogen-bond donors (Lipinski definition) is 5. The van der Waals surface area contributed by atoms with Crippen molar-refractivity contribution in [3.8, 4) is 0 Å². The predicted octanol–water partition coefficient (Wildman–Crippen LogP) is 5.46. The van der Waals surface area contributed by atoms with Gasteiger partial charge in [-0.15, -0.1) is 0 Å². The SMILES string of the molecule is N=C(c1ccc(CNC(=O)Nc2ccccc2F)cc1)N1C(=N)c2ccccc2Nc2ncccc21. The first-order chi connectivity index (χ1) is 17.5. The van der Waals surface area contributed by atoms with Gasteiger partial charge >= 0.3 is 6.03 Å². The van der Waals surface area contributed by atoms with E-state index in [1.54, 1.807) is 53.6 Å². The lowest BCUT2D eigenvalue weighted by atomic mass is 10.1. The van der Waals surface area contributed by atoms with Crippen molar-refractivity contribution in [1.29, 1.82) is 10.8 Å². The second-order valence-corrected chi connectivity index (χ2v) is 8.06. The summed E-state index contributed by atoms with van der Waals surface area (Å²) in [6, 6.07) is 23.6. The van der Waals surface area contributed by atoms with Crippen molar-refractivity contribution in [2.75, 3.05) is 15.5 Å². The van der Waals surface area contributed by atoms with Crippen LogP contribution in [0, 0.1) is 16.6 Å². The normalized spacial score (nSPS) is 12.0. The third-order valence-corrected chi connectivity index (χ3v) is 5.71. The smallest absolute Gasteiger partial charge is 0.319 e. The summed E-state index contributed by atoms with van der Waals surface area (Å²) in [7, 11) is 0. The predicted molar refractivity (Wildman–Crippen MR) is 139 cm³/mol. The van der Waals surface area contributed by atoms with Crippen molar-refractivity contribution in [3.63, 3.8) is 0 Å². The van der Waals surface area contributed by atoms with Gasteiger partial charge in [0, 0.05) is 23.9 Å². The Morgan fingerprint density at radius 3 is 2.53 bits per heavy atom. The fourth-order valence-corrected chi connectivity index (χ4v) is 3.89. The lowest BCUT2D eigenvalue weighted by Gasteiger charge is -2.25. The van der Waals surface area contributed by atoms with Crippen LogP contribution in [0.3, 0.4) is 0 Å². The number of aromatic nitrogens is 1. The van der Waals surface area contributed by atoms with Gasteiger partial charge in [-0.2, -0.15) is 0 Å². The number of carbonyl (C=O) groups excluding carboxylic acids is 1. The Kier molecular flexibility index (Phi) is 6.10. The fourth-order valence-electron chi connectivity index (χ4n) is 3.89. The summed E-state index contributed by atoms with van der Waals surface area (Å²) < 4.78 is 13.7. The average molecular weight is 480 g/mol. The number of hydrogen-bond acceptors (Lipinski definition) is 5. The Hall–Kier alpha value is -5.05. The van der Waals surface area contributed by atoms with E-state index in [1.807, 2.05) is 30.3 Å². The van der Waals surface area contributed by atoms with E-state index in [1.165, 1.54) is 12.1 Å². The number of carbonyl (C=O) groups is 1. The highest BCUT2D eigenvalue weighted by molar-refractivity contribution is 6.30. The molecule has 0 unspecified atom stereocenters. The van der Waals surface area contributed by atoms with E-state index in [4.69, 9.17) is 10.8 Å². The molecule has 1 aliphatic rings. The molecule has 0 radical (unpaired) electrons. The average Bonchev–Trinajstić information content (AvgIpc) is 3.02. The maximum atomic E-state index is 13.7. The van der Waals surface area contributed by atoms with Gasteiger partial charge in [0.05, 0.1) is 17.1 Å². The van der Waals surface area contributed by atoms with Crippen LogP contribution in [-0.2, 0) is 6.54 Å². The van der Waals surface area contributed by atoms with Crippen LogP contribution in [0.2, 0.25) is 0 Å². The lowest BCUT2D eigenvalue weighted by Crippen LogP contribution is -2.36. The zero-order valence-electron chi connectivity index (χ0n) is 19.0. The van der Waals surface area contributed by atoms with E-state index in [0.717, 1.165) is 11.3 Å². The highest BCUT2D eigenvalue weighted by Gasteiger charge is 2.28. The van der Waals surface area contributed by atoms with Crippen molar-refractivity contribution < 1.29 is 9.18 Å². The van der Waals surface area contributed by atoms with Crippen molar-refractivity contribution in [2.24, 2.45) is 0 Å². The van der Waals surface area contributed by atoms with E-state index < -0.39 is 11.8 Å². The number of benzene rings is 3. The number of fused-ring (bicyclic) bond motifs is 2. The number of anilines is 4. The molecule has 36 heavy (non-hydrogen) atoms. The van der Waals surface area contributed by atoms with Crippen LogP contribution in [0.25, 0.3) is 0 Å². The molecule has 9 heteroatoms. The van der Waals surface area contributed by atoms with E-state index in [2.05, 4.69) is 20.9 Å². The summed E-state index contributed by atoms with van der Waals surface area (Å²) in [6.07, 6.45) is 1.66. The third kappa shape index (κ3) is 4.49. The van der Waals surface area contributed by atoms with E-state index in [9.17, 15) is 9.18 Å². The molecule has 1 aromatic heterocycles. The molecule has 5 rings (SSSR count). The minimum absolute atomic E-state index is 0.101. The van der Waals surface area contributed by atoms with Crippen molar-refractivity contribution >= 4 is 40.6 Å². The number of halogens is 1. The summed E-state index contributed by atoms with van der Waals surface area (Å²) in [6.45, 7) is 0.220. The number of amides is 2. The Morgan fingerprint density at radius 2 is 1.72 bits per heavy atom. The summed E-state index contributed by atoms with van der Waals surface area (Å²) in [5.41, 5.74) is 3.49. The molecule has 0 saturated carbocycles. The van der Waals surface area contributed by atoms with Gasteiger partial charge in [0.25, 0.3) is 0 Å². The molecule has 2 heterocycles. The highest BCUT2D eigenvalue weighted by atomic mass is 19.1. The number of nitrogens with one attached hydrogen (secondary N) is 5. The second-order valence-electron chi connectivity index (χ2n) is 8.06. The number of para-hydroxylation sites is 2. The van der Waals surface area contributed by atoms with E-state index in [-0.39, 0.29) is 23.9 Å². The molecule has 1 aliphatic heterocycles. The molecule has 0 spiro atoms. The Balaban J connectivity index is 1.33. The topological polar surface area (TPSA) is 117 Å². The number of urea groups is 1. The van der Waals surface area contributed by atoms with E-state index >= 15 is 0 Å². The number of amidine groups is 2. The van der Waals surface area contributed by atoms with Crippen LogP contribution < -0.4 is 20.9 Å². The molecule has 0 saturated heterocycles. The third-order valence-electron chi connectivity index (χ3n) is 5.71. The number of rotatable bonds is 4. The highest BCUT2D eigenvalue weighted by Crippen LogP contribution is 2.34. The molecular formula is C27H22FN7O. The largest absolute Gasteiger partial charge is 0.338 e. The van der Waals surface area contributed by atoms with Crippen LogP contribution in [0.4, 0.5) is 32.1 Å². The molecule has 8 nitrogen and oxygen atoms in total. The van der Waals surface area contributed by atoms with E-state index in [0.29, 0.717) is 22.6 Å². The van der Waals surface area contributed by atoms with Gasteiger partial charge in [0.2, 0.25) is 0 Å². The zero-order valence-corrected chi connectivity index (χ0v) is 19.0. The summed E-state index contributed by atoms with van der Waals surface area (Å²) in [5.74, 6) is 0.317. The second kappa shape index (κ2) is 9.67. The lowest BCUT2D eigenvalue weighted by molar-refractivity contribution is 0.251. The molecule has 2 amide bonds. The monoisotopic (exact) mass is 479 g/mol. The molecular weight excluding hydrogens is 457 g/mol. The molecule has 0 fully saturated rings. The molecule has 3 aromatic carbocycles. The van der Waals surface area contributed by atoms with Crippen LogP contribution in [-0.4, -0.2) is 22.7 Å². The summed E-state index contributed by atoms with van der Waals surface area (Å²) in [5, 5.41) is 26.2. The van der Waals surface area contributed by atoms with Crippen molar-refractivity contribution in [1.82, 2.24) is 10.3 Å². The Bertz CT molecular complexity index is 1470. The van der Waals surface area contributed by atoms with Gasteiger partial charge in [-0.1, -0.05) is 48.5 Å². The van der Waals surface area contributed by atoms with Crippen molar-refractivity contribution in [2.45, 2.75) is 6.54 Å². The first-order valence-corrected chi connectivity index (χ1v) is 11.2. The molecule has 5 N–H and O–H groups in total. The zero-order chi connectivity index (χ0) is 25.1. The van der Waals surface area contributed by atoms with Gasteiger partial charge in [0.15, 0.2) is 5.82 Å². The minimum atomic E-state index is -0.523. The maximum Gasteiger partial charge on any atom is 0.319 e. The fraction of sp³-hybridized carbons (Fsp3) is 0.0370. The van der Waals surface area contributed by atoms with Crippen LogP contribution in [0.1, 0.15) is 16.7 Å². The standard InChI is InChI=1S/C27H22FN7O/c28-20-7-2-4-9-22(20)34-27(36)32-16-17-11-13-18(14-12-17)24(29)35-23-10-5-15-31-26(23)33-21-8-3-1-6-19(21)25(35)30/h1-15,29-30H,16H2,(H,31,33)(H2,32,34,36). The minimum Gasteiger partial charge on any atom is -0.338 e. The molecule has 4 aromatic rings. The van der Waals surface area contributed by atoms with Crippen LogP contribution in [0.15, 0.2) is 91.1 Å². The first-order valence-electron chi connectivity index (χ1n) is 11.2. The maximum absolute atomic E-state index is 13.7. The summed E-state index contributed by atoms with van der Waals surface area (Å²) >= 11 is 0. The van der Waals surface area contributed by atoms with Gasteiger partial charge in [-0.3, -0.25) is 15.7 Å². The van der Waals surface area contributed by atoms with Gasteiger partial charge in [0.1, 0.15) is 17.5 Å². The molecule has 178 valence electrons.